The first-order chi connectivity index (χ1) is 11.1. The third kappa shape index (κ3) is 4.18. The van der Waals surface area contributed by atoms with E-state index in [4.69, 9.17) is 9.47 Å². The molecule has 4 heteroatoms. The Balaban J connectivity index is 1.52. The lowest BCUT2D eigenvalue weighted by atomic mass is 9.87. The molecule has 1 aromatic carbocycles. The lowest BCUT2D eigenvalue weighted by Crippen LogP contribution is -2.45. The number of piperidine rings is 1. The lowest BCUT2D eigenvalue weighted by molar-refractivity contribution is -0.0449. The van der Waals surface area contributed by atoms with Crippen molar-refractivity contribution in [3.63, 3.8) is 0 Å². The molecule has 2 fully saturated rings. The van der Waals surface area contributed by atoms with Crippen molar-refractivity contribution in [3.05, 3.63) is 24.3 Å². The highest BCUT2D eigenvalue weighted by Crippen LogP contribution is 2.37. The van der Waals surface area contributed by atoms with Crippen LogP contribution in [0, 0.1) is 5.92 Å². The quantitative estimate of drug-likeness (QED) is 0.902. The Kier molecular flexibility index (Phi) is 5.12. The molecule has 0 unspecified atom stereocenters. The topological polar surface area (TPSA) is 33.7 Å². The Labute approximate surface area is 140 Å². The van der Waals surface area contributed by atoms with Crippen LogP contribution in [0.2, 0.25) is 0 Å². The Morgan fingerprint density at radius 1 is 1.35 bits per heavy atom. The van der Waals surface area contributed by atoms with E-state index in [9.17, 15) is 0 Å². The van der Waals surface area contributed by atoms with Crippen molar-refractivity contribution in [3.8, 4) is 5.75 Å². The van der Waals surface area contributed by atoms with E-state index in [0.29, 0.717) is 6.04 Å². The molecule has 1 atom stereocenters. The zero-order valence-electron chi connectivity index (χ0n) is 14.7. The first-order valence-corrected chi connectivity index (χ1v) is 8.85. The number of nitrogens with zero attached hydrogens (tertiary/aromatic N) is 1. The zero-order chi connectivity index (χ0) is 16.3. The van der Waals surface area contributed by atoms with E-state index >= 15 is 0 Å². The van der Waals surface area contributed by atoms with E-state index in [1.807, 2.05) is 12.1 Å². The van der Waals surface area contributed by atoms with E-state index < -0.39 is 0 Å². The Morgan fingerprint density at radius 2 is 2.13 bits per heavy atom. The Hall–Kier alpha value is -1.26. The maximum atomic E-state index is 6.26. The minimum Gasteiger partial charge on any atom is -0.497 e. The fourth-order valence-electron chi connectivity index (χ4n) is 3.89. The molecule has 1 spiro atoms. The van der Waals surface area contributed by atoms with E-state index in [0.717, 1.165) is 43.2 Å². The standard InChI is InChI=1S/C19H30N2O2/c1-15(2)13-21-9-7-19(8-10-21)12-17(14-23-19)20-16-5-4-6-18(11-16)22-3/h4-6,11,15,17,20H,7-10,12-14H2,1-3H3/t17-/m0/s1. The van der Waals surface area contributed by atoms with Gasteiger partial charge in [-0.1, -0.05) is 19.9 Å². The second-order valence-electron chi connectivity index (χ2n) is 7.47. The molecule has 2 saturated heterocycles. The van der Waals surface area contributed by atoms with E-state index in [1.54, 1.807) is 7.11 Å². The smallest absolute Gasteiger partial charge is 0.120 e. The molecule has 2 heterocycles. The summed E-state index contributed by atoms with van der Waals surface area (Å²) in [6, 6.07) is 8.55. The molecular formula is C19H30N2O2. The number of hydrogen-bond acceptors (Lipinski definition) is 4. The Bertz CT molecular complexity index is 510. The summed E-state index contributed by atoms with van der Waals surface area (Å²) in [6.07, 6.45) is 3.44. The molecule has 0 saturated carbocycles. The van der Waals surface area contributed by atoms with Crippen molar-refractivity contribution in [1.29, 1.82) is 0 Å². The summed E-state index contributed by atoms with van der Waals surface area (Å²) < 4.78 is 11.6. The van der Waals surface area contributed by atoms with Crippen LogP contribution in [0.25, 0.3) is 0 Å². The van der Waals surface area contributed by atoms with Crippen LogP contribution in [0.15, 0.2) is 24.3 Å². The molecule has 0 aliphatic carbocycles. The number of anilines is 1. The maximum Gasteiger partial charge on any atom is 0.120 e. The fraction of sp³-hybridized carbons (Fsp3) is 0.684. The number of ether oxygens (including phenoxy) is 2. The van der Waals surface area contributed by atoms with Crippen LogP contribution in [-0.4, -0.2) is 49.9 Å². The molecular weight excluding hydrogens is 288 g/mol. The van der Waals surface area contributed by atoms with Gasteiger partial charge in [-0.05, 0) is 37.3 Å². The van der Waals surface area contributed by atoms with Gasteiger partial charge in [0.1, 0.15) is 5.75 Å². The van der Waals surface area contributed by atoms with Gasteiger partial charge in [-0.2, -0.15) is 0 Å². The summed E-state index contributed by atoms with van der Waals surface area (Å²) >= 11 is 0. The average molecular weight is 318 g/mol. The van der Waals surface area contributed by atoms with Crippen LogP contribution >= 0.6 is 0 Å². The predicted molar refractivity (Wildman–Crippen MR) is 94.2 cm³/mol. The van der Waals surface area contributed by atoms with Crippen molar-refractivity contribution in [2.45, 2.75) is 44.8 Å². The number of hydrogen-bond donors (Lipinski definition) is 1. The second-order valence-corrected chi connectivity index (χ2v) is 7.47. The monoisotopic (exact) mass is 318 g/mol. The van der Waals surface area contributed by atoms with Crippen molar-refractivity contribution in [2.24, 2.45) is 5.92 Å². The van der Waals surface area contributed by atoms with E-state index in [2.05, 4.69) is 36.2 Å². The van der Waals surface area contributed by atoms with Crippen molar-refractivity contribution >= 4 is 5.69 Å². The van der Waals surface area contributed by atoms with E-state index in [1.165, 1.54) is 19.6 Å². The average Bonchev–Trinajstić information content (AvgIpc) is 2.92. The van der Waals surface area contributed by atoms with Gasteiger partial charge in [0.2, 0.25) is 0 Å². The molecule has 0 aromatic heterocycles. The van der Waals surface area contributed by atoms with Gasteiger partial charge in [-0.25, -0.2) is 0 Å². The molecule has 4 nitrogen and oxygen atoms in total. The first-order valence-electron chi connectivity index (χ1n) is 8.85. The van der Waals surface area contributed by atoms with Crippen molar-refractivity contribution in [1.82, 2.24) is 4.90 Å². The van der Waals surface area contributed by atoms with Crippen LogP contribution < -0.4 is 10.1 Å². The van der Waals surface area contributed by atoms with Gasteiger partial charge in [0.25, 0.3) is 0 Å². The molecule has 23 heavy (non-hydrogen) atoms. The van der Waals surface area contributed by atoms with Crippen LogP contribution in [-0.2, 0) is 4.74 Å². The van der Waals surface area contributed by atoms with Crippen LogP contribution in [0.1, 0.15) is 33.1 Å². The number of likely N-dealkylation sites (tertiary alicyclic amines) is 1. The highest BCUT2D eigenvalue weighted by molar-refractivity contribution is 5.49. The highest BCUT2D eigenvalue weighted by Gasteiger charge is 2.42. The second kappa shape index (κ2) is 7.10. The maximum absolute atomic E-state index is 6.26. The summed E-state index contributed by atoms with van der Waals surface area (Å²) in [5, 5.41) is 3.61. The Morgan fingerprint density at radius 3 is 2.83 bits per heavy atom. The van der Waals surface area contributed by atoms with Crippen LogP contribution in [0.4, 0.5) is 5.69 Å². The molecule has 0 amide bonds. The summed E-state index contributed by atoms with van der Waals surface area (Å²) in [6.45, 7) is 8.95. The molecule has 1 aromatic rings. The molecule has 3 rings (SSSR count). The molecule has 0 radical (unpaired) electrons. The highest BCUT2D eigenvalue weighted by atomic mass is 16.5. The van der Waals surface area contributed by atoms with E-state index in [-0.39, 0.29) is 5.60 Å². The molecule has 0 bridgehead atoms. The third-order valence-corrected chi connectivity index (χ3v) is 5.04. The number of benzene rings is 1. The molecule has 1 N–H and O–H groups in total. The minimum atomic E-state index is 0.101. The van der Waals surface area contributed by atoms with Crippen molar-refractivity contribution < 1.29 is 9.47 Å². The van der Waals surface area contributed by atoms with Gasteiger partial charge in [0, 0.05) is 31.4 Å². The normalized spacial score (nSPS) is 24.3. The number of rotatable bonds is 5. The number of methoxy groups -OCH3 is 1. The summed E-state index contributed by atoms with van der Waals surface area (Å²) in [5.41, 5.74) is 1.22. The number of nitrogens with one attached hydrogen (secondary N) is 1. The van der Waals surface area contributed by atoms with Gasteiger partial charge >= 0.3 is 0 Å². The summed E-state index contributed by atoms with van der Waals surface area (Å²) in [7, 11) is 1.71. The summed E-state index contributed by atoms with van der Waals surface area (Å²) in [4.78, 5) is 2.59. The minimum absolute atomic E-state index is 0.101. The summed E-state index contributed by atoms with van der Waals surface area (Å²) in [5.74, 6) is 1.64. The van der Waals surface area contributed by atoms with Gasteiger partial charge in [0.15, 0.2) is 0 Å². The lowest BCUT2D eigenvalue weighted by Gasteiger charge is -2.39. The van der Waals surface area contributed by atoms with Gasteiger partial charge in [0.05, 0.1) is 25.4 Å². The predicted octanol–water partition coefficient (Wildman–Crippen LogP) is 3.39. The third-order valence-electron chi connectivity index (χ3n) is 5.04. The van der Waals surface area contributed by atoms with Gasteiger partial charge in [-0.3, -0.25) is 0 Å². The van der Waals surface area contributed by atoms with Crippen molar-refractivity contribution in [2.75, 3.05) is 38.7 Å². The van der Waals surface area contributed by atoms with Crippen LogP contribution in [0.3, 0.4) is 0 Å². The zero-order valence-corrected chi connectivity index (χ0v) is 14.7. The first kappa shape index (κ1) is 16.6. The van der Waals surface area contributed by atoms with Gasteiger partial charge in [-0.15, -0.1) is 0 Å². The largest absolute Gasteiger partial charge is 0.497 e. The fourth-order valence-corrected chi connectivity index (χ4v) is 3.89. The molecule has 128 valence electrons. The van der Waals surface area contributed by atoms with Crippen LogP contribution in [0.5, 0.6) is 5.75 Å². The molecule has 2 aliphatic rings. The molecule has 2 aliphatic heterocycles. The van der Waals surface area contributed by atoms with Gasteiger partial charge < -0.3 is 19.7 Å². The SMILES string of the molecule is COc1cccc(N[C@@H]2COC3(CCN(CC(C)C)CC3)C2)c1.